The molecule has 0 saturated heterocycles. The molecular formula is C10H9CuO2. The molecule has 0 bridgehead atoms. The molecule has 0 aromatic heterocycles. The van der Waals surface area contributed by atoms with Crippen molar-refractivity contribution in [2.75, 3.05) is 14.2 Å². The van der Waals surface area contributed by atoms with E-state index in [-0.39, 0.29) is 0 Å². The average Bonchev–Trinajstić information content (AvgIpc) is 2.18. The second kappa shape index (κ2) is 4.81. The second-order valence-corrected chi connectivity index (χ2v) is 2.51. The summed E-state index contributed by atoms with van der Waals surface area (Å²) in [5.41, 5.74) is 0.821. The molecule has 0 aliphatic carbocycles. The molecule has 2 nitrogen and oxygen atoms in total. The van der Waals surface area contributed by atoms with E-state index in [1.807, 2.05) is 6.07 Å². The number of hydrogen-bond donors (Lipinski definition) is 0. The fourth-order valence-corrected chi connectivity index (χ4v) is 1.09. The Kier molecular flexibility index (Phi) is 3.70. The fraction of sp³-hybridized carbons (Fsp3) is 0.200. The van der Waals surface area contributed by atoms with E-state index < -0.39 is 0 Å². The molecule has 1 rings (SSSR count). The van der Waals surface area contributed by atoms with Crippen molar-refractivity contribution in [3.63, 3.8) is 0 Å². The Morgan fingerprint density at radius 3 is 2.38 bits per heavy atom. The van der Waals surface area contributed by atoms with Crippen LogP contribution in [0.5, 0.6) is 11.5 Å². The van der Waals surface area contributed by atoms with Gasteiger partial charge in [-0.15, -0.1) is 0 Å². The van der Waals surface area contributed by atoms with Gasteiger partial charge in [-0.3, -0.25) is 0 Å². The molecule has 0 radical (unpaired) electrons. The van der Waals surface area contributed by atoms with Crippen molar-refractivity contribution in [3.8, 4) is 22.2 Å². The van der Waals surface area contributed by atoms with Gasteiger partial charge in [0.15, 0.2) is 0 Å². The zero-order valence-corrected chi connectivity index (χ0v) is 8.29. The van der Waals surface area contributed by atoms with E-state index in [0.717, 1.165) is 5.56 Å². The summed E-state index contributed by atoms with van der Waals surface area (Å²) in [6.07, 6.45) is 0. The van der Waals surface area contributed by atoms with E-state index in [0.29, 0.717) is 11.5 Å². The summed E-state index contributed by atoms with van der Waals surface area (Å²) < 4.78 is 10.2. The molecule has 0 heterocycles. The first-order chi connectivity index (χ1) is 6.31. The quantitative estimate of drug-likeness (QED) is 0.561. The normalized spacial score (nSPS) is 8.62. The number of hydrogen-bond acceptors (Lipinski definition) is 2. The van der Waals surface area contributed by atoms with Crippen molar-refractivity contribution in [1.29, 1.82) is 0 Å². The van der Waals surface area contributed by atoms with Gasteiger partial charge in [0.25, 0.3) is 0 Å². The van der Waals surface area contributed by atoms with Gasteiger partial charge in [0.05, 0.1) is 0 Å². The Labute approximate surface area is 86.1 Å². The summed E-state index contributed by atoms with van der Waals surface area (Å²) in [7, 11) is 3.18. The molecule has 0 unspecified atom stereocenters. The Balaban J connectivity index is 3.10. The Bertz CT molecular complexity index is 350. The average molecular weight is 225 g/mol. The minimum atomic E-state index is 0.662. The summed E-state index contributed by atoms with van der Waals surface area (Å²) in [6, 6.07) is 5.41. The first-order valence-corrected chi connectivity index (χ1v) is 4.08. The third-order valence-electron chi connectivity index (χ3n) is 1.57. The van der Waals surface area contributed by atoms with Crippen LogP contribution in [0.4, 0.5) is 0 Å². The molecule has 13 heavy (non-hydrogen) atoms. The molecular weight excluding hydrogens is 216 g/mol. The van der Waals surface area contributed by atoms with E-state index in [4.69, 9.17) is 9.47 Å². The monoisotopic (exact) mass is 224 g/mol. The molecule has 0 fully saturated rings. The summed E-state index contributed by atoms with van der Waals surface area (Å²) >= 11 is 4.68. The zero-order chi connectivity index (χ0) is 9.68. The number of rotatable bonds is 2. The summed E-state index contributed by atoms with van der Waals surface area (Å²) in [5.74, 6) is 4.11. The topological polar surface area (TPSA) is 18.5 Å². The molecule has 0 aliphatic heterocycles. The van der Waals surface area contributed by atoms with Crippen LogP contribution in [0.1, 0.15) is 5.56 Å². The molecule has 0 N–H and O–H groups in total. The van der Waals surface area contributed by atoms with Crippen LogP contribution in [-0.2, 0) is 16.0 Å². The van der Waals surface area contributed by atoms with Crippen LogP contribution < -0.4 is 9.47 Å². The molecule has 72 valence electrons. The van der Waals surface area contributed by atoms with E-state index >= 15 is 0 Å². The van der Waals surface area contributed by atoms with Crippen molar-refractivity contribution in [2.24, 2.45) is 0 Å². The molecule has 0 saturated carbocycles. The van der Waals surface area contributed by atoms with Crippen LogP contribution in [0.2, 0.25) is 0 Å². The standard InChI is InChI=1S/C10H9O2.Cu/c1-4-8-5-6-9(11-2)10(7-8)12-3;/h5-7H,2-3H3;. The van der Waals surface area contributed by atoms with Crippen LogP contribution in [0.25, 0.3) is 0 Å². The van der Waals surface area contributed by atoms with Gasteiger partial charge in [-0.05, 0) is 0 Å². The van der Waals surface area contributed by atoms with E-state index in [2.05, 4.69) is 26.8 Å². The van der Waals surface area contributed by atoms with Crippen LogP contribution in [0.3, 0.4) is 0 Å². The van der Waals surface area contributed by atoms with Crippen molar-refractivity contribution >= 4 is 0 Å². The first kappa shape index (κ1) is 9.98. The minimum absolute atomic E-state index is 0.662. The third-order valence-corrected chi connectivity index (χ3v) is 1.68. The maximum atomic E-state index is 5.09. The van der Waals surface area contributed by atoms with Gasteiger partial charge >= 0.3 is 85.7 Å². The van der Waals surface area contributed by atoms with Crippen LogP contribution in [0, 0.1) is 10.7 Å². The van der Waals surface area contributed by atoms with E-state index in [1.54, 1.807) is 26.4 Å². The Morgan fingerprint density at radius 1 is 1.15 bits per heavy atom. The summed E-state index contributed by atoms with van der Waals surface area (Å²) in [6.45, 7) is 0. The van der Waals surface area contributed by atoms with Gasteiger partial charge in [0, 0.05) is 0 Å². The maximum absolute atomic E-state index is 5.09. The molecule has 0 amide bonds. The Hall–Kier alpha value is -1.10. The predicted molar refractivity (Wildman–Crippen MR) is 46.4 cm³/mol. The number of ether oxygens (including phenoxy) is 2. The zero-order valence-electron chi connectivity index (χ0n) is 7.35. The van der Waals surface area contributed by atoms with Gasteiger partial charge < -0.3 is 0 Å². The SMILES string of the molecule is COc1ccc(C#[C][Cu])cc1OC. The van der Waals surface area contributed by atoms with Crippen molar-refractivity contribution < 1.29 is 25.5 Å². The van der Waals surface area contributed by atoms with Crippen molar-refractivity contribution in [1.82, 2.24) is 0 Å². The molecule has 1 aromatic carbocycles. The van der Waals surface area contributed by atoms with Crippen LogP contribution in [-0.4, -0.2) is 14.2 Å². The van der Waals surface area contributed by atoms with Gasteiger partial charge in [0.1, 0.15) is 0 Å². The van der Waals surface area contributed by atoms with Gasteiger partial charge in [-0.1, -0.05) is 0 Å². The Morgan fingerprint density at radius 2 is 1.85 bits per heavy atom. The number of benzene rings is 1. The predicted octanol–water partition coefficient (Wildman–Crippen LogP) is 1.56. The van der Waals surface area contributed by atoms with Crippen molar-refractivity contribution in [3.05, 3.63) is 23.8 Å². The molecule has 1 aromatic rings. The van der Waals surface area contributed by atoms with E-state index in [9.17, 15) is 0 Å². The van der Waals surface area contributed by atoms with Crippen LogP contribution in [0.15, 0.2) is 18.2 Å². The molecule has 0 atom stereocenters. The van der Waals surface area contributed by atoms with Crippen LogP contribution >= 0.6 is 0 Å². The molecule has 0 spiro atoms. The third kappa shape index (κ3) is 2.42. The van der Waals surface area contributed by atoms with E-state index in [1.165, 1.54) is 0 Å². The van der Waals surface area contributed by atoms with Crippen molar-refractivity contribution in [2.45, 2.75) is 0 Å². The number of methoxy groups -OCH3 is 2. The summed E-state index contributed by atoms with van der Waals surface area (Å²) in [5, 5.41) is 0. The fourth-order valence-electron chi connectivity index (χ4n) is 0.957. The van der Waals surface area contributed by atoms with Gasteiger partial charge in [-0.25, -0.2) is 0 Å². The molecule has 3 heteroatoms. The van der Waals surface area contributed by atoms with Gasteiger partial charge in [0.2, 0.25) is 0 Å². The summed E-state index contributed by atoms with van der Waals surface area (Å²) in [4.78, 5) is 2.39. The molecule has 0 aliphatic rings. The second-order valence-electron chi connectivity index (χ2n) is 2.27. The van der Waals surface area contributed by atoms with Gasteiger partial charge in [-0.2, -0.15) is 0 Å². The first-order valence-electron chi connectivity index (χ1n) is 3.61.